The highest BCUT2D eigenvalue weighted by Gasteiger charge is 2.11. The Hall–Kier alpha value is -1.51. The van der Waals surface area contributed by atoms with Crippen molar-refractivity contribution in [2.24, 2.45) is 5.73 Å². The first-order valence-electron chi connectivity index (χ1n) is 4.69. The molecular weight excluding hydrogens is 224 g/mol. The van der Waals surface area contributed by atoms with Crippen molar-refractivity contribution in [3.63, 3.8) is 0 Å². The summed E-state index contributed by atoms with van der Waals surface area (Å²) in [6, 6.07) is 8.51. The van der Waals surface area contributed by atoms with E-state index in [0.29, 0.717) is 17.1 Å². The fourth-order valence-electron chi connectivity index (χ4n) is 1.12. The van der Waals surface area contributed by atoms with Gasteiger partial charge in [0.25, 0.3) is 0 Å². The Morgan fingerprint density at radius 2 is 2.25 bits per heavy atom. The summed E-state index contributed by atoms with van der Waals surface area (Å²) in [5.74, 6) is -0.0548. The lowest BCUT2D eigenvalue weighted by molar-refractivity contribution is -0.137. The molecule has 0 spiro atoms. The van der Waals surface area contributed by atoms with E-state index in [0.717, 1.165) is 5.56 Å². The second-order valence-electron chi connectivity index (χ2n) is 3.23. The molecule has 0 aliphatic rings. The molecule has 0 aliphatic heterocycles. The van der Waals surface area contributed by atoms with Gasteiger partial charge >= 0.3 is 5.97 Å². The first kappa shape index (κ1) is 12.6. The van der Waals surface area contributed by atoms with E-state index in [-0.39, 0.29) is 0 Å². The summed E-state index contributed by atoms with van der Waals surface area (Å²) in [5.41, 5.74) is 6.90. The molecule has 0 radical (unpaired) electrons. The number of aliphatic carboxylic acids is 1. The van der Waals surface area contributed by atoms with Gasteiger partial charge in [0, 0.05) is 11.5 Å². The van der Waals surface area contributed by atoms with Crippen LogP contribution in [0.25, 0.3) is 0 Å². The second-order valence-corrected chi connectivity index (χ2v) is 4.26. The van der Waals surface area contributed by atoms with Crippen LogP contribution in [0, 0.1) is 11.3 Å². The Morgan fingerprint density at radius 3 is 2.88 bits per heavy atom. The van der Waals surface area contributed by atoms with Crippen molar-refractivity contribution >= 4 is 17.7 Å². The van der Waals surface area contributed by atoms with Crippen molar-refractivity contribution in [1.82, 2.24) is 0 Å². The van der Waals surface area contributed by atoms with Crippen LogP contribution in [0.15, 0.2) is 24.3 Å². The van der Waals surface area contributed by atoms with Crippen molar-refractivity contribution in [3.8, 4) is 6.07 Å². The minimum Gasteiger partial charge on any atom is -0.480 e. The van der Waals surface area contributed by atoms with Gasteiger partial charge in [0.05, 0.1) is 11.6 Å². The number of hydrogen-bond acceptors (Lipinski definition) is 4. The summed E-state index contributed by atoms with van der Waals surface area (Å²) in [6.07, 6.45) is 0. The highest BCUT2D eigenvalue weighted by molar-refractivity contribution is 7.98. The lowest BCUT2D eigenvalue weighted by Crippen LogP contribution is -2.32. The molecule has 5 heteroatoms. The quantitative estimate of drug-likeness (QED) is 0.802. The fraction of sp³-hybridized carbons (Fsp3) is 0.273. The zero-order valence-electron chi connectivity index (χ0n) is 8.59. The van der Waals surface area contributed by atoms with Crippen LogP contribution in [0.5, 0.6) is 0 Å². The van der Waals surface area contributed by atoms with E-state index in [1.807, 2.05) is 12.1 Å². The summed E-state index contributed by atoms with van der Waals surface area (Å²) in [4.78, 5) is 10.5. The van der Waals surface area contributed by atoms with E-state index >= 15 is 0 Å². The third-order valence-electron chi connectivity index (χ3n) is 2.01. The van der Waals surface area contributed by atoms with Gasteiger partial charge in [0.15, 0.2) is 0 Å². The van der Waals surface area contributed by atoms with Crippen LogP contribution in [0.4, 0.5) is 0 Å². The van der Waals surface area contributed by atoms with Crippen LogP contribution in [-0.4, -0.2) is 22.9 Å². The molecule has 84 valence electrons. The molecule has 0 heterocycles. The summed E-state index contributed by atoms with van der Waals surface area (Å²) in [5, 5.41) is 17.4. The number of nitrogens with zero attached hydrogens (tertiary/aromatic N) is 1. The average Bonchev–Trinajstić information content (AvgIpc) is 2.29. The van der Waals surface area contributed by atoms with Crippen LogP contribution >= 0.6 is 11.8 Å². The SMILES string of the molecule is N#Cc1ccccc1CSC[C@@H](N)C(=O)O. The first-order chi connectivity index (χ1) is 7.65. The number of hydrogen-bond donors (Lipinski definition) is 2. The number of rotatable bonds is 5. The van der Waals surface area contributed by atoms with E-state index in [2.05, 4.69) is 6.07 Å². The van der Waals surface area contributed by atoms with Crippen molar-refractivity contribution < 1.29 is 9.90 Å². The number of thioether (sulfide) groups is 1. The monoisotopic (exact) mass is 236 g/mol. The number of carboxylic acid groups (broad SMARTS) is 1. The van der Waals surface area contributed by atoms with Crippen molar-refractivity contribution in [1.29, 1.82) is 5.26 Å². The Morgan fingerprint density at radius 1 is 1.56 bits per heavy atom. The number of nitrogens with two attached hydrogens (primary N) is 1. The molecule has 0 aliphatic carbocycles. The smallest absolute Gasteiger partial charge is 0.321 e. The summed E-state index contributed by atoms with van der Waals surface area (Å²) >= 11 is 1.42. The van der Waals surface area contributed by atoms with Crippen LogP contribution in [0.3, 0.4) is 0 Å². The molecular formula is C11H12N2O2S. The Bertz CT molecular complexity index is 415. The third-order valence-corrected chi connectivity index (χ3v) is 3.12. The molecule has 1 rings (SSSR count). The molecule has 0 saturated carbocycles. The van der Waals surface area contributed by atoms with Gasteiger partial charge in [-0.15, -0.1) is 0 Å². The lowest BCUT2D eigenvalue weighted by atomic mass is 10.1. The van der Waals surface area contributed by atoms with Crippen molar-refractivity contribution in [2.45, 2.75) is 11.8 Å². The second kappa shape index (κ2) is 6.16. The fourth-order valence-corrected chi connectivity index (χ4v) is 2.11. The van der Waals surface area contributed by atoms with Crippen molar-refractivity contribution in [3.05, 3.63) is 35.4 Å². The summed E-state index contributed by atoms with van der Waals surface area (Å²) in [7, 11) is 0. The van der Waals surface area contributed by atoms with Crippen LogP contribution in [-0.2, 0) is 10.5 Å². The van der Waals surface area contributed by atoms with Gasteiger partial charge in [-0.05, 0) is 11.6 Å². The molecule has 3 N–H and O–H groups in total. The van der Waals surface area contributed by atoms with Gasteiger partial charge in [0.1, 0.15) is 6.04 Å². The molecule has 0 amide bonds. The van der Waals surface area contributed by atoms with E-state index in [1.165, 1.54) is 11.8 Å². The molecule has 4 nitrogen and oxygen atoms in total. The van der Waals surface area contributed by atoms with Gasteiger partial charge in [0.2, 0.25) is 0 Å². The highest BCUT2D eigenvalue weighted by atomic mass is 32.2. The van der Waals surface area contributed by atoms with Crippen LogP contribution < -0.4 is 5.73 Å². The van der Waals surface area contributed by atoms with Gasteiger partial charge < -0.3 is 10.8 Å². The van der Waals surface area contributed by atoms with Gasteiger partial charge in [-0.1, -0.05) is 18.2 Å². The summed E-state index contributed by atoms with van der Waals surface area (Å²) in [6.45, 7) is 0. The Kier molecular flexibility index (Phi) is 4.83. The van der Waals surface area contributed by atoms with Gasteiger partial charge in [-0.2, -0.15) is 17.0 Å². The minimum absolute atomic E-state index is 0.342. The largest absolute Gasteiger partial charge is 0.480 e. The molecule has 0 fully saturated rings. The predicted molar refractivity (Wildman–Crippen MR) is 62.9 cm³/mol. The normalized spacial score (nSPS) is 11.8. The van der Waals surface area contributed by atoms with Gasteiger partial charge in [-0.25, -0.2) is 0 Å². The van der Waals surface area contributed by atoms with E-state index < -0.39 is 12.0 Å². The number of carbonyl (C=O) groups is 1. The molecule has 0 aromatic heterocycles. The predicted octanol–water partition coefficient (Wildman–Crippen LogP) is 1.20. The van der Waals surface area contributed by atoms with Crippen LogP contribution in [0.1, 0.15) is 11.1 Å². The Labute approximate surface area is 98.1 Å². The van der Waals surface area contributed by atoms with Crippen LogP contribution in [0.2, 0.25) is 0 Å². The maximum absolute atomic E-state index is 10.5. The topological polar surface area (TPSA) is 87.1 Å². The average molecular weight is 236 g/mol. The molecule has 0 bridgehead atoms. The molecule has 1 aromatic carbocycles. The van der Waals surface area contributed by atoms with Crippen molar-refractivity contribution in [2.75, 3.05) is 5.75 Å². The molecule has 1 aromatic rings. The molecule has 16 heavy (non-hydrogen) atoms. The number of nitriles is 1. The van der Waals surface area contributed by atoms with E-state index in [9.17, 15) is 4.79 Å². The highest BCUT2D eigenvalue weighted by Crippen LogP contribution is 2.16. The minimum atomic E-state index is -0.999. The van der Waals surface area contributed by atoms with E-state index in [1.54, 1.807) is 12.1 Å². The maximum Gasteiger partial charge on any atom is 0.321 e. The molecule has 1 atom stereocenters. The number of carboxylic acids is 1. The zero-order valence-corrected chi connectivity index (χ0v) is 9.41. The van der Waals surface area contributed by atoms with E-state index in [4.69, 9.17) is 16.1 Å². The summed E-state index contributed by atoms with van der Waals surface area (Å²) < 4.78 is 0. The first-order valence-corrected chi connectivity index (χ1v) is 5.84. The Balaban J connectivity index is 2.49. The van der Waals surface area contributed by atoms with Gasteiger partial charge in [-0.3, -0.25) is 4.79 Å². The lowest BCUT2D eigenvalue weighted by Gasteiger charge is -2.06. The third kappa shape index (κ3) is 3.57. The molecule has 0 unspecified atom stereocenters. The zero-order chi connectivity index (χ0) is 12.0. The molecule has 0 saturated heterocycles. The maximum atomic E-state index is 10.5. The number of benzene rings is 1. The standard InChI is InChI=1S/C11H12N2O2S/c12-5-8-3-1-2-4-9(8)6-16-7-10(13)11(14)15/h1-4,10H,6-7,13H2,(H,14,15)/t10-/m1/s1.